The SMILES string of the molecule is [Ce].[O-][N+](=NO)c1ccccc1. The molecule has 0 unspecified atom stereocenters. The van der Waals surface area contributed by atoms with E-state index in [4.69, 9.17) is 5.21 Å². The van der Waals surface area contributed by atoms with Crippen molar-refractivity contribution < 1.29 is 51.8 Å². The van der Waals surface area contributed by atoms with Crippen molar-refractivity contribution in [2.75, 3.05) is 0 Å². The Hall–Kier alpha value is -0.203. The predicted molar refractivity (Wildman–Crippen MR) is 33.9 cm³/mol. The van der Waals surface area contributed by atoms with Crippen LogP contribution in [0.1, 0.15) is 0 Å². The number of para-hydroxylation sites is 1. The Morgan fingerprint density at radius 2 is 1.82 bits per heavy atom. The van der Waals surface area contributed by atoms with Crippen LogP contribution < -0.4 is 0 Å². The first kappa shape index (κ1) is 10.8. The number of hydrogen-bond acceptors (Lipinski definition) is 2. The van der Waals surface area contributed by atoms with Gasteiger partial charge in [0.05, 0.1) is 0 Å². The quantitative estimate of drug-likeness (QED) is 0.482. The van der Waals surface area contributed by atoms with Crippen molar-refractivity contribution in [1.82, 2.24) is 0 Å². The van der Waals surface area contributed by atoms with Crippen molar-refractivity contribution in [2.45, 2.75) is 0 Å². The van der Waals surface area contributed by atoms with Gasteiger partial charge in [-0.15, -0.1) is 0 Å². The fraction of sp³-hybridized carbons (Fsp3) is 0. The first-order valence-corrected chi connectivity index (χ1v) is 2.72. The van der Waals surface area contributed by atoms with Crippen molar-refractivity contribution in [3.63, 3.8) is 0 Å². The minimum atomic E-state index is 0. The van der Waals surface area contributed by atoms with Crippen molar-refractivity contribution in [3.05, 3.63) is 35.5 Å². The maximum atomic E-state index is 10.5. The van der Waals surface area contributed by atoms with E-state index in [0.29, 0.717) is 5.69 Å². The van der Waals surface area contributed by atoms with Gasteiger partial charge in [-0.25, -0.2) is 0 Å². The summed E-state index contributed by atoms with van der Waals surface area (Å²) in [6.07, 6.45) is 0. The zero-order valence-corrected chi connectivity index (χ0v) is 8.78. The summed E-state index contributed by atoms with van der Waals surface area (Å²) in [6, 6.07) is 8.24. The van der Waals surface area contributed by atoms with Crippen LogP contribution >= 0.6 is 0 Å². The minimum absolute atomic E-state index is 0. The van der Waals surface area contributed by atoms with Crippen LogP contribution in [0.15, 0.2) is 35.6 Å². The summed E-state index contributed by atoms with van der Waals surface area (Å²) in [5.74, 6) is 0. The summed E-state index contributed by atoms with van der Waals surface area (Å²) < 4.78 is 0. The Bertz CT molecular complexity index is 238. The monoisotopic (exact) mass is 278 g/mol. The fourth-order valence-corrected chi connectivity index (χ4v) is 0.607. The number of benzene rings is 1. The van der Waals surface area contributed by atoms with Crippen molar-refractivity contribution in [1.29, 1.82) is 0 Å². The molecule has 0 radical (unpaired) electrons. The van der Waals surface area contributed by atoms with E-state index in [1.807, 2.05) is 0 Å². The third kappa shape index (κ3) is 3.13. The van der Waals surface area contributed by atoms with Crippen LogP contribution in [0.4, 0.5) is 5.69 Å². The molecule has 0 aliphatic carbocycles. The van der Waals surface area contributed by atoms with Crippen LogP contribution in [0.25, 0.3) is 0 Å². The normalized spacial score (nSPS) is 10.4. The molecule has 0 saturated carbocycles. The number of rotatable bonds is 1. The van der Waals surface area contributed by atoms with E-state index < -0.39 is 0 Å². The van der Waals surface area contributed by atoms with Gasteiger partial charge in [0.1, 0.15) is 0 Å². The molecule has 0 atom stereocenters. The molecule has 0 aliphatic rings. The second-order valence-electron chi connectivity index (χ2n) is 1.70. The van der Waals surface area contributed by atoms with Gasteiger partial charge in [0.15, 0.2) is 0 Å². The van der Waals surface area contributed by atoms with E-state index in [1.54, 1.807) is 30.3 Å². The van der Waals surface area contributed by atoms with Crippen LogP contribution in [0.2, 0.25) is 0 Å². The average Bonchev–Trinajstić information content (AvgIpc) is 2.05. The zero-order valence-electron chi connectivity index (χ0n) is 5.64. The van der Waals surface area contributed by atoms with E-state index in [-0.39, 0.29) is 46.6 Å². The standard InChI is InChI=1S/C6H6N2O2.Ce/c9-7-8(10)6-4-2-1-3-5-6;/h1-5,9H;. The summed E-state index contributed by atoms with van der Waals surface area (Å²) in [5, 5.41) is 21.0. The second-order valence-corrected chi connectivity index (χ2v) is 1.70. The van der Waals surface area contributed by atoms with Gasteiger partial charge in [-0.05, 0) is 4.86 Å². The minimum Gasteiger partial charge on any atom is -0.592 e. The fourth-order valence-electron chi connectivity index (χ4n) is 0.607. The van der Waals surface area contributed by atoms with Crippen molar-refractivity contribution in [2.24, 2.45) is 5.28 Å². The van der Waals surface area contributed by atoms with Crippen LogP contribution in [0.5, 0.6) is 0 Å². The zero-order chi connectivity index (χ0) is 7.40. The maximum absolute atomic E-state index is 10.5. The van der Waals surface area contributed by atoms with Gasteiger partial charge < -0.3 is 10.4 Å². The molecule has 0 aromatic heterocycles. The first-order valence-electron chi connectivity index (χ1n) is 2.72. The molecule has 0 spiro atoms. The molecule has 5 heteroatoms. The maximum Gasteiger partial charge on any atom is 0.248 e. The second kappa shape index (κ2) is 5.45. The molecule has 0 fully saturated rings. The first-order chi connectivity index (χ1) is 4.84. The predicted octanol–water partition coefficient (Wildman–Crippen LogP) is 1.67. The molecule has 11 heavy (non-hydrogen) atoms. The van der Waals surface area contributed by atoms with E-state index >= 15 is 0 Å². The van der Waals surface area contributed by atoms with Crippen LogP contribution in [-0.4, -0.2) is 10.1 Å². The van der Waals surface area contributed by atoms with Gasteiger partial charge in [-0.2, -0.15) is 0 Å². The molecule has 1 rings (SSSR count). The van der Waals surface area contributed by atoms with Crippen LogP contribution in [0.3, 0.4) is 0 Å². The molecule has 0 amide bonds. The van der Waals surface area contributed by atoms with E-state index in [0.717, 1.165) is 0 Å². The largest absolute Gasteiger partial charge is 0.592 e. The van der Waals surface area contributed by atoms with Gasteiger partial charge in [0.25, 0.3) is 0 Å². The summed E-state index contributed by atoms with van der Waals surface area (Å²) in [4.78, 5) is 0.139. The van der Waals surface area contributed by atoms with E-state index in [9.17, 15) is 5.21 Å². The van der Waals surface area contributed by atoms with Gasteiger partial charge in [-0.3, -0.25) is 0 Å². The summed E-state index contributed by atoms with van der Waals surface area (Å²) >= 11 is 0. The van der Waals surface area contributed by atoms with E-state index in [2.05, 4.69) is 5.28 Å². The average molecular weight is 278 g/mol. The van der Waals surface area contributed by atoms with E-state index in [1.165, 1.54) is 0 Å². The Labute approximate surface area is 97.5 Å². The van der Waals surface area contributed by atoms with Gasteiger partial charge >= 0.3 is 0 Å². The topological polar surface area (TPSA) is 58.7 Å². The van der Waals surface area contributed by atoms with Gasteiger partial charge in [0, 0.05) is 53.9 Å². The Morgan fingerprint density at radius 3 is 2.27 bits per heavy atom. The van der Waals surface area contributed by atoms with Gasteiger partial charge in [0.2, 0.25) is 11.0 Å². The van der Waals surface area contributed by atoms with Crippen LogP contribution in [0, 0.1) is 47.0 Å². The van der Waals surface area contributed by atoms with Gasteiger partial charge in [-0.1, -0.05) is 18.2 Å². The Kier molecular flexibility index (Phi) is 5.35. The smallest absolute Gasteiger partial charge is 0.248 e. The summed E-state index contributed by atoms with van der Waals surface area (Å²) in [5.41, 5.74) is 0.310. The molecular weight excluding hydrogens is 272 g/mol. The molecule has 1 aromatic carbocycles. The molecule has 56 valence electrons. The summed E-state index contributed by atoms with van der Waals surface area (Å²) in [7, 11) is 0. The molecule has 0 bridgehead atoms. The Balaban J connectivity index is 0.000001000. The van der Waals surface area contributed by atoms with Crippen molar-refractivity contribution in [3.8, 4) is 0 Å². The third-order valence-corrected chi connectivity index (χ3v) is 1.06. The molecular formula is C6H6CeN2O2. The van der Waals surface area contributed by atoms with Crippen LogP contribution in [-0.2, 0) is 0 Å². The van der Waals surface area contributed by atoms with Crippen molar-refractivity contribution >= 4 is 5.69 Å². The summed E-state index contributed by atoms with van der Waals surface area (Å²) in [6.45, 7) is 0. The molecule has 0 saturated heterocycles. The Morgan fingerprint density at radius 1 is 1.27 bits per heavy atom. The molecule has 1 aromatic rings. The molecule has 0 aliphatic heterocycles. The number of nitrogens with zero attached hydrogens (tertiary/aromatic N) is 2. The number of hydrogen-bond donors (Lipinski definition) is 1. The third-order valence-electron chi connectivity index (χ3n) is 1.06. The molecule has 4 nitrogen and oxygen atoms in total. The molecule has 1 N–H and O–H groups in total. The molecule has 0 heterocycles.